The Bertz CT molecular complexity index is 483. The topological polar surface area (TPSA) is 60.4 Å². The first-order valence-corrected chi connectivity index (χ1v) is 13.0. The zero-order valence-corrected chi connectivity index (χ0v) is 13.4. The van der Waals surface area contributed by atoms with Crippen LogP contribution in [0.5, 0.6) is 0 Å². The average molecular weight is 337 g/mol. The fraction of sp³-hybridized carbons (Fsp3) is 1.00. The summed E-state index contributed by atoms with van der Waals surface area (Å²) in [5, 5.41) is -1.11. The van der Waals surface area contributed by atoms with Crippen molar-refractivity contribution in [1.29, 1.82) is 0 Å². The van der Waals surface area contributed by atoms with Crippen LogP contribution in [0.25, 0.3) is 0 Å². The van der Waals surface area contributed by atoms with Crippen LogP contribution in [0.3, 0.4) is 0 Å². The van der Waals surface area contributed by atoms with Gasteiger partial charge in [-0.05, 0) is 0 Å². The molecule has 0 saturated carbocycles. The van der Waals surface area contributed by atoms with Crippen molar-refractivity contribution in [3.05, 3.63) is 0 Å². The molecule has 0 unspecified atom stereocenters. The fourth-order valence-corrected chi connectivity index (χ4v) is 13.9. The predicted molar refractivity (Wildman–Crippen MR) is 63.6 cm³/mol. The van der Waals surface area contributed by atoms with E-state index < -0.39 is 11.5 Å². The van der Waals surface area contributed by atoms with Crippen LogP contribution in [0.2, 0.25) is 15.0 Å². The third-order valence-corrected chi connectivity index (χ3v) is 15.3. The Labute approximate surface area is 101 Å². The minimum atomic E-state index is -7.33. The molecule has 0 heterocycles. The molecular weight excluding hydrogens is 309 g/mol. The molecule has 0 radical (unpaired) electrons. The molecule has 0 amide bonds. The Balaban J connectivity index is 6.02. The molecule has 0 aliphatic heterocycles. The van der Waals surface area contributed by atoms with Gasteiger partial charge in [0.1, 0.15) is 0 Å². The molecule has 5 heteroatoms. The van der Waals surface area contributed by atoms with Crippen LogP contribution in [-0.2, 0) is 25.7 Å². The zero-order valence-electron chi connectivity index (χ0n) is 11.6. The molecule has 0 aromatic heterocycles. The van der Waals surface area contributed by atoms with Gasteiger partial charge in [-0.25, -0.2) is 0 Å². The number of hydrogen-bond donors (Lipinski definition) is 0. The van der Waals surface area contributed by atoms with Crippen molar-refractivity contribution >= 4 is 0 Å². The van der Waals surface area contributed by atoms with E-state index in [0.29, 0.717) is 25.7 Å². The molecule has 0 rings (SSSR count). The van der Waals surface area contributed by atoms with Crippen LogP contribution in [0.1, 0.15) is 53.4 Å². The normalized spacial score (nSPS) is 18.9. The van der Waals surface area contributed by atoms with E-state index >= 15 is 0 Å². The van der Waals surface area contributed by atoms with E-state index in [0.717, 1.165) is 0 Å². The number of rotatable bonds is 9. The molecule has 0 N–H and O–H groups in total. The van der Waals surface area contributed by atoms with Gasteiger partial charge in [0.15, 0.2) is 0 Å². The molecule has 0 aromatic carbocycles. The fourth-order valence-electron chi connectivity index (χ4n) is 2.35. The van der Waals surface area contributed by atoms with Crippen LogP contribution in [0.4, 0.5) is 0 Å². The minimum absolute atomic E-state index is 0.00200. The number of hydrogen-bond acceptors (Lipinski definition) is 4. The Morgan fingerprint density at radius 3 is 1.29 bits per heavy atom. The summed E-state index contributed by atoms with van der Waals surface area (Å²) in [6.45, 7) is 6.96. The van der Waals surface area contributed by atoms with Crippen molar-refractivity contribution in [2.75, 3.05) is 6.61 Å². The molecule has 0 aliphatic rings. The van der Waals surface area contributed by atoms with Crippen LogP contribution < -0.4 is 0 Å². The van der Waals surface area contributed by atoms with Crippen molar-refractivity contribution in [1.82, 2.24) is 0 Å². The maximum absolute atomic E-state index is 13.2. The van der Waals surface area contributed by atoms with Gasteiger partial charge < -0.3 is 0 Å². The third-order valence-electron chi connectivity index (χ3n) is 2.76. The Morgan fingerprint density at radius 1 is 0.706 bits per heavy atom. The second kappa shape index (κ2) is 3.99. The molecule has 4 nitrogen and oxygen atoms in total. The van der Waals surface area contributed by atoms with E-state index in [1.165, 1.54) is 0 Å². The maximum atomic E-state index is 13.2. The van der Waals surface area contributed by atoms with E-state index in [-0.39, 0.29) is 21.7 Å². The summed E-state index contributed by atoms with van der Waals surface area (Å²) in [7, 11) is 0. The molecule has 17 heavy (non-hydrogen) atoms. The van der Waals surface area contributed by atoms with Crippen molar-refractivity contribution in [2.45, 2.75) is 68.4 Å². The van der Waals surface area contributed by atoms with Gasteiger partial charge >= 0.3 is 101 Å². The quantitative estimate of drug-likeness (QED) is 0.576. The van der Waals surface area contributed by atoms with E-state index in [2.05, 4.69) is 0 Å². The van der Waals surface area contributed by atoms with E-state index in [4.69, 9.17) is 3.56 Å². The summed E-state index contributed by atoms with van der Waals surface area (Å²) in [6, 6.07) is 0. The van der Waals surface area contributed by atoms with Crippen LogP contribution in [0.15, 0.2) is 0 Å². The average Bonchev–Trinajstić information content (AvgIpc) is 2.15. The first-order chi connectivity index (χ1) is 7.53. The molecule has 0 aliphatic carbocycles. The van der Waals surface area contributed by atoms with E-state index in [1.54, 1.807) is 20.8 Å². The molecule has 0 atom stereocenters. The van der Waals surface area contributed by atoms with Gasteiger partial charge in [0.25, 0.3) is 0 Å². The van der Waals surface area contributed by atoms with Gasteiger partial charge in [-0.1, -0.05) is 0 Å². The second-order valence-corrected chi connectivity index (χ2v) is 18.4. The Hall–Kier alpha value is -0.0166. The van der Waals surface area contributed by atoms with Gasteiger partial charge in [-0.2, -0.15) is 0 Å². The van der Waals surface area contributed by atoms with E-state index in [9.17, 15) is 10.7 Å². The Kier molecular flexibility index (Phi) is 3.99. The van der Waals surface area contributed by atoms with Crippen molar-refractivity contribution in [2.24, 2.45) is 0 Å². The summed E-state index contributed by atoms with van der Waals surface area (Å²) in [4.78, 5) is 0. The van der Waals surface area contributed by atoms with Gasteiger partial charge in [-0.3, -0.25) is 0 Å². The summed E-state index contributed by atoms with van der Waals surface area (Å²) in [6.07, 6.45) is 1.47. The third kappa shape index (κ3) is 3.72. The monoisotopic (exact) mass is 338 g/mol. The Morgan fingerprint density at radius 2 is 1.06 bits per heavy atom. The molecule has 108 valence electrons. The first kappa shape index (κ1) is 17.0. The molecular formula is C12H28O4Ru. The van der Waals surface area contributed by atoms with Gasteiger partial charge in [0.05, 0.1) is 0 Å². The van der Waals surface area contributed by atoms with Gasteiger partial charge in [0.2, 0.25) is 0 Å². The summed E-state index contributed by atoms with van der Waals surface area (Å²) >= 11 is -7.33. The molecule has 0 fully saturated rings. The van der Waals surface area contributed by atoms with Gasteiger partial charge in [0, 0.05) is 0 Å². The van der Waals surface area contributed by atoms with Crippen LogP contribution in [-0.4, -0.2) is 6.61 Å². The van der Waals surface area contributed by atoms with Crippen LogP contribution >= 0.6 is 0 Å². The summed E-state index contributed by atoms with van der Waals surface area (Å²) in [5.74, 6) is 0. The van der Waals surface area contributed by atoms with Gasteiger partial charge in [-0.15, -0.1) is 0 Å². The zero-order chi connectivity index (χ0) is 13.7. The molecule has 0 aromatic rings. The molecule has 0 bridgehead atoms. The standard InChI is InChI=1S/C3H7O.3C3H7.3O.Ru/c1-2-3-4;3*1-3-2;;;;/h2-3H2,1H3;3*1,3H2,2H3;;;;/q-1;;;;;;;+1. The van der Waals surface area contributed by atoms with Crippen molar-refractivity contribution in [3.63, 3.8) is 0 Å². The van der Waals surface area contributed by atoms with Crippen molar-refractivity contribution in [3.8, 4) is 0 Å². The summed E-state index contributed by atoms with van der Waals surface area (Å²) in [5.41, 5.74) is 0. The molecule has 0 spiro atoms. The van der Waals surface area contributed by atoms with Crippen LogP contribution in [0, 0.1) is 0 Å². The first-order valence-electron chi connectivity index (χ1n) is 6.44. The second-order valence-electron chi connectivity index (χ2n) is 4.95. The summed E-state index contributed by atoms with van der Waals surface area (Å²) < 4.78 is 44.8. The van der Waals surface area contributed by atoms with Crippen molar-refractivity contribution < 1.29 is 25.7 Å². The van der Waals surface area contributed by atoms with E-state index in [1.807, 2.05) is 6.92 Å². The SMILES string of the molecule is CCC[O][Ru](=[O])(=[O])(=[O])([CH2]CC)([CH2]CC)[CH2]CC. The predicted octanol–water partition coefficient (Wildman–Crippen LogP) is 4.61. The molecule has 0 saturated heterocycles.